The molecule has 1 aliphatic carbocycles. The van der Waals surface area contributed by atoms with Crippen LogP contribution >= 0.6 is 0 Å². The first-order valence-electron chi connectivity index (χ1n) is 7.75. The van der Waals surface area contributed by atoms with Crippen molar-refractivity contribution in [3.8, 4) is 0 Å². The van der Waals surface area contributed by atoms with Gasteiger partial charge in [0.1, 0.15) is 5.60 Å². The lowest BCUT2D eigenvalue weighted by atomic mass is 10.2. The number of amides is 2. The molecule has 6 nitrogen and oxygen atoms in total. The van der Waals surface area contributed by atoms with Gasteiger partial charge in [-0.15, -0.1) is 0 Å². The Labute approximate surface area is 126 Å². The highest BCUT2D eigenvalue weighted by Crippen LogP contribution is 2.18. The van der Waals surface area contributed by atoms with Crippen molar-refractivity contribution in [1.29, 1.82) is 0 Å². The van der Waals surface area contributed by atoms with Crippen LogP contribution in [0.15, 0.2) is 0 Å². The predicted molar refractivity (Wildman–Crippen MR) is 77.9 cm³/mol. The summed E-state index contributed by atoms with van der Waals surface area (Å²) in [6.45, 7) is 6.57. The molecule has 2 amide bonds. The van der Waals surface area contributed by atoms with Crippen molar-refractivity contribution in [1.82, 2.24) is 10.2 Å². The van der Waals surface area contributed by atoms with Gasteiger partial charge in [0.15, 0.2) is 6.10 Å². The second kappa shape index (κ2) is 6.64. The molecule has 0 unspecified atom stereocenters. The van der Waals surface area contributed by atoms with Gasteiger partial charge in [0.25, 0.3) is 5.91 Å². The van der Waals surface area contributed by atoms with Crippen LogP contribution in [0.2, 0.25) is 0 Å². The van der Waals surface area contributed by atoms with Gasteiger partial charge in [0.2, 0.25) is 0 Å². The maximum atomic E-state index is 12.2. The molecule has 21 heavy (non-hydrogen) atoms. The van der Waals surface area contributed by atoms with Crippen LogP contribution in [0, 0.1) is 0 Å². The van der Waals surface area contributed by atoms with Gasteiger partial charge in [-0.1, -0.05) is 12.8 Å². The Bertz CT molecular complexity index is 386. The highest BCUT2D eigenvalue weighted by atomic mass is 16.6. The van der Waals surface area contributed by atoms with Crippen LogP contribution in [0.1, 0.15) is 46.5 Å². The summed E-state index contributed by atoms with van der Waals surface area (Å²) in [5.74, 6) is -0.116. The number of ether oxygens (including phenoxy) is 2. The molecule has 0 aromatic carbocycles. The largest absolute Gasteiger partial charge is 0.444 e. The van der Waals surface area contributed by atoms with Gasteiger partial charge < -0.3 is 19.7 Å². The number of rotatable bonds is 2. The molecule has 2 aliphatic rings. The van der Waals surface area contributed by atoms with Gasteiger partial charge >= 0.3 is 6.09 Å². The number of nitrogens with one attached hydrogen (secondary N) is 1. The molecule has 2 fully saturated rings. The molecule has 0 spiro atoms. The van der Waals surface area contributed by atoms with Crippen molar-refractivity contribution in [2.75, 3.05) is 19.7 Å². The Morgan fingerprint density at radius 2 is 1.90 bits per heavy atom. The van der Waals surface area contributed by atoms with E-state index in [0.717, 1.165) is 12.8 Å². The van der Waals surface area contributed by atoms with Crippen molar-refractivity contribution in [3.63, 3.8) is 0 Å². The van der Waals surface area contributed by atoms with E-state index in [1.165, 1.54) is 12.8 Å². The van der Waals surface area contributed by atoms with E-state index in [0.29, 0.717) is 13.2 Å². The lowest BCUT2D eigenvalue weighted by molar-refractivity contribution is -0.138. The smallest absolute Gasteiger partial charge is 0.410 e. The molecule has 120 valence electrons. The maximum Gasteiger partial charge on any atom is 0.410 e. The Morgan fingerprint density at radius 1 is 1.24 bits per heavy atom. The summed E-state index contributed by atoms with van der Waals surface area (Å²) < 4.78 is 10.8. The maximum absolute atomic E-state index is 12.2. The van der Waals surface area contributed by atoms with E-state index >= 15 is 0 Å². The third-order valence-corrected chi connectivity index (χ3v) is 3.71. The standard InChI is InChI=1S/C15H26N2O4/c1-15(2,3)21-14(19)17-8-9-20-12(10-17)13(18)16-11-6-4-5-7-11/h11-12H,4-10H2,1-3H3,(H,16,18)/t12-/m1/s1. The van der Waals surface area contributed by atoms with Crippen LogP contribution in [-0.2, 0) is 14.3 Å². The van der Waals surface area contributed by atoms with E-state index in [-0.39, 0.29) is 24.6 Å². The van der Waals surface area contributed by atoms with Crippen molar-refractivity contribution in [2.24, 2.45) is 0 Å². The second-order valence-electron chi connectivity index (χ2n) is 6.78. The number of hydrogen-bond acceptors (Lipinski definition) is 4. The minimum Gasteiger partial charge on any atom is -0.444 e. The van der Waals surface area contributed by atoms with Gasteiger partial charge in [-0.25, -0.2) is 4.79 Å². The summed E-state index contributed by atoms with van der Waals surface area (Å²) in [5.41, 5.74) is -0.531. The first kappa shape index (κ1) is 16.1. The summed E-state index contributed by atoms with van der Waals surface area (Å²) >= 11 is 0. The number of nitrogens with zero attached hydrogens (tertiary/aromatic N) is 1. The van der Waals surface area contributed by atoms with Crippen molar-refractivity contribution in [2.45, 2.75) is 64.2 Å². The van der Waals surface area contributed by atoms with Gasteiger partial charge in [-0.3, -0.25) is 4.79 Å². The molecule has 0 aromatic rings. The highest BCUT2D eigenvalue weighted by Gasteiger charge is 2.32. The molecule has 1 aliphatic heterocycles. The van der Waals surface area contributed by atoms with E-state index in [1.807, 2.05) is 20.8 Å². The zero-order chi connectivity index (χ0) is 15.5. The molecule has 1 saturated carbocycles. The fourth-order valence-electron chi connectivity index (χ4n) is 2.66. The molecule has 1 saturated heterocycles. The Morgan fingerprint density at radius 3 is 2.52 bits per heavy atom. The fraction of sp³-hybridized carbons (Fsp3) is 0.867. The molecule has 6 heteroatoms. The van der Waals surface area contributed by atoms with Gasteiger partial charge in [-0.2, -0.15) is 0 Å². The van der Waals surface area contributed by atoms with Crippen molar-refractivity contribution >= 4 is 12.0 Å². The lowest BCUT2D eigenvalue weighted by Gasteiger charge is -2.34. The van der Waals surface area contributed by atoms with E-state index in [2.05, 4.69) is 5.32 Å². The highest BCUT2D eigenvalue weighted by molar-refractivity contribution is 5.82. The molecular formula is C15H26N2O4. The zero-order valence-corrected chi connectivity index (χ0v) is 13.2. The molecule has 2 rings (SSSR count). The van der Waals surface area contributed by atoms with E-state index in [4.69, 9.17) is 9.47 Å². The molecule has 1 atom stereocenters. The van der Waals surface area contributed by atoms with Crippen LogP contribution in [0.25, 0.3) is 0 Å². The Balaban J connectivity index is 1.84. The quantitative estimate of drug-likeness (QED) is 0.842. The average Bonchev–Trinajstić information content (AvgIpc) is 2.90. The topological polar surface area (TPSA) is 67.9 Å². The number of hydrogen-bond donors (Lipinski definition) is 1. The summed E-state index contributed by atoms with van der Waals surface area (Å²) in [6, 6.07) is 0.262. The van der Waals surface area contributed by atoms with Crippen LogP contribution in [0.3, 0.4) is 0 Å². The number of carbonyl (C=O) groups excluding carboxylic acids is 2. The van der Waals surface area contributed by atoms with Crippen LogP contribution in [0.5, 0.6) is 0 Å². The van der Waals surface area contributed by atoms with E-state index < -0.39 is 11.7 Å². The third-order valence-electron chi connectivity index (χ3n) is 3.71. The zero-order valence-electron chi connectivity index (χ0n) is 13.2. The molecule has 1 heterocycles. The predicted octanol–water partition coefficient (Wildman–Crippen LogP) is 1.68. The fourth-order valence-corrected chi connectivity index (χ4v) is 2.66. The summed E-state index contributed by atoms with van der Waals surface area (Å²) in [5, 5.41) is 3.01. The van der Waals surface area contributed by atoms with Crippen LogP contribution in [0.4, 0.5) is 4.79 Å². The van der Waals surface area contributed by atoms with Crippen molar-refractivity contribution in [3.05, 3.63) is 0 Å². The summed E-state index contributed by atoms with van der Waals surface area (Å²) in [6.07, 6.45) is 3.43. The average molecular weight is 298 g/mol. The Kier molecular flexibility index (Phi) is 5.08. The Hall–Kier alpha value is -1.30. The van der Waals surface area contributed by atoms with E-state index in [9.17, 15) is 9.59 Å². The van der Waals surface area contributed by atoms with Crippen molar-refractivity contribution < 1.29 is 19.1 Å². The first-order chi connectivity index (χ1) is 9.85. The van der Waals surface area contributed by atoms with Crippen LogP contribution in [-0.4, -0.2) is 54.3 Å². The summed E-state index contributed by atoms with van der Waals surface area (Å²) in [4.78, 5) is 25.8. The number of morpholine rings is 1. The van der Waals surface area contributed by atoms with Gasteiger partial charge in [0, 0.05) is 12.6 Å². The molecular weight excluding hydrogens is 272 g/mol. The summed E-state index contributed by atoms with van der Waals surface area (Å²) in [7, 11) is 0. The second-order valence-corrected chi connectivity index (χ2v) is 6.78. The lowest BCUT2D eigenvalue weighted by Crippen LogP contribution is -2.53. The minimum absolute atomic E-state index is 0.116. The monoisotopic (exact) mass is 298 g/mol. The van der Waals surface area contributed by atoms with Gasteiger partial charge in [0.05, 0.1) is 13.2 Å². The number of carbonyl (C=O) groups is 2. The molecule has 0 radical (unpaired) electrons. The SMILES string of the molecule is CC(C)(C)OC(=O)N1CCO[C@@H](C(=O)NC2CCCC2)C1. The van der Waals surface area contributed by atoms with E-state index in [1.54, 1.807) is 4.90 Å². The molecule has 0 bridgehead atoms. The minimum atomic E-state index is -0.591. The van der Waals surface area contributed by atoms with Crippen LogP contribution < -0.4 is 5.32 Å². The first-order valence-corrected chi connectivity index (χ1v) is 7.75. The normalized spacial score (nSPS) is 24.0. The molecule has 1 N–H and O–H groups in total. The molecule has 0 aromatic heterocycles. The van der Waals surface area contributed by atoms with Gasteiger partial charge in [-0.05, 0) is 33.6 Å². The third kappa shape index (κ3) is 4.88.